The van der Waals surface area contributed by atoms with Gasteiger partial charge in [0.25, 0.3) is 6.47 Å². The molecule has 1 aromatic rings. The van der Waals surface area contributed by atoms with Crippen molar-refractivity contribution in [2.75, 3.05) is 0 Å². The van der Waals surface area contributed by atoms with Crippen molar-refractivity contribution < 1.29 is 9.53 Å². The quantitative estimate of drug-likeness (QED) is 0.793. The molecule has 1 fully saturated rings. The summed E-state index contributed by atoms with van der Waals surface area (Å²) in [6.07, 6.45) is 4.54. The van der Waals surface area contributed by atoms with Crippen LogP contribution < -0.4 is 10.5 Å². The van der Waals surface area contributed by atoms with Crippen LogP contribution in [0.3, 0.4) is 0 Å². The first-order valence-electron chi connectivity index (χ1n) is 5.75. The summed E-state index contributed by atoms with van der Waals surface area (Å²) in [6.45, 7) is 0.453. The van der Waals surface area contributed by atoms with E-state index in [1.165, 1.54) is 5.56 Å². The van der Waals surface area contributed by atoms with Gasteiger partial charge in [0.2, 0.25) is 0 Å². The molecule has 0 bridgehead atoms. The third kappa shape index (κ3) is 2.61. The molecule has 1 aromatic carbocycles. The Hall–Kier alpha value is -1.35. The maximum Gasteiger partial charge on any atom is 0.298 e. The molecule has 3 heteroatoms. The highest BCUT2D eigenvalue weighted by Crippen LogP contribution is 2.32. The zero-order valence-electron chi connectivity index (χ0n) is 9.26. The Balaban J connectivity index is 2.01. The molecule has 0 unspecified atom stereocenters. The lowest BCUT2D eigenvalue weighted by Crippen LogP contribution is -2.25. The maximum absolute atomic E-state index is 10.2. The van der Waals surface area contributed by atoms with Gasteiger partial charge < -0.3 is 10.5 Å². The van der Waals surface area contributed by atoms with Crippen LogP contribution in [-0.2, 0) is 4.79 Å². The van der Waals surface area contributed by atoms with Gasteiger partial charge in [0, 0.05) is 6.04 Å². The van der Waals surface area contributed by atoms with Gasteiger partial charge in [-0.05, 0) is 49.3 Å². The molecule has 2 rings (SSSR count). The summed E-state index contributed by atoms with van der Waals surface area (Å²) in [5.74, 6) is 1.22. The second-order valence-electron chi connectivity index (χ2n) is 4.39. The molecular weight excluding hydrogens is 202 g/mol. The van der Waals surface area contributed by atoms with Crippen LogP contribution in [0.4, 0.5) is 0 Å². The van der Waals surface area contributed by atoms with E-state index in [1.54, 1.807) is 0 Å². The van der Waals surface area contributed by atoms with Crippen LogP contribution in [0.15, 0.2) is 24.3 Å². The van der Waals surface area contributed by atoms with E-state index < -0.39 is 0 Å². The van der Waals surface area contributed by atoms with Crippen LogP contribution in [0, 0.1) is 0 Å². The van der Waals surface area contributed by atoms with E-state index >= 15 is 0 Å². The van der Waals surface area contributed by atoms with Crippen molar-refractivity contribution in [3.63, 3.8) is 0 Å². The topological polar surface area (TPSA) is 52.3 Å². The van der Waals surface area contributed by atoms with Crippen LogP contribution in [0.2, 0.25) is 0 Å². The van der Waals surface area contributed by atoms with E-state index in [1.807, 2.05) is 24.3 Å². The summed E-state index contributed by atoms with van der Waals surface area (Å²) in [5.41, 5.74) is 7.20. The van der Waals surface area contributed by atoms with E-state index in [2.05, 4.69) is 0 Å². The van der Waals surface area contributed by atoms with Gasteiger partial charge in [-0.25, -0.2) is 0 Å². The van der Waals surface area contributed by atoms with Gasteiger partial charge in [-0.1, -0.05) is 12.1 Å². The summed E-state index contributed by atoms with van der Waals surface area (Å²) in [6, 6.07) is 8.16. The molecular formula is C13H17NO2. The van der Waals surface area contributed by atoms with E-state index in [-0.39, 0.29) is 0 Å². The molecule has 1 aliphatic rings. The van der Waals surface area contributed by atoms with Gasteiger partial charge in [-0.3, -0.25) is 4.79 Å². The molecule has 0 radical (unpaired) electrons. The van der Waals surface area contributed by atoms with Crippen LogP contribution in [0.25, 0.3) is 0 Å². The molecule has 16 heavy (non-hydrogen) atoms. The third-order valence-corrected chi connectivity index (χ3v) is 3.31. The van der Waals surface area contributed by atoms with Crippen LogP contribution in [0.1, 0.15) is 37.2 Å². The molecule has 0 spiro atoms. The minimum Gasteiger partial charge on any atom is -0.429 e. The smallest absolute Gasteiger partial charge is 0.298 e. The van der Waals surface area contributed by atoms with Crippen LogP contribution in [0.5, 0.6) is 5.75 Å². The Labute approximate surface area is 95.6 Å². The fourth-order valence-corrected chi connectivity index (χ4v) is 2.33. The van der Waals surface area contributed by atoms with Crippen molar-refractivity contribution >= 4 is 6.47 Å². The molecule has 0 saturated heterocycles. The van der Waals surface area contributed by atoms with Crippen LogP contribution in [-0.4, -0.2) is 12.5 Å². The standard InChI is InChI=1S/C13H17NO2/c14-12-5-1-10(2-6-12)11-3-7-13(8-4-11)16-9-15/h3-4,7-10,12H,1-2,5-6,14H2. The lowest BCUT2D eigenvalue weighted by molar-refractivity contribution is -0.120. The highest BCUT2D eigenvalue weighted by molar-refractivity contribution is 5.45. The molecule has 1 saturated carbocycles. The first-order valence-corrected chi connectivity index (χ1v) is 5.75. The predicted molar refractivity (Wildman–Crippen MR) is 62.3 cm³/mol. The highest BCUT2D eigenvalue weighted by atomic mass is 16.5. The molecule has 2 N–H and O–H groups in total. The minimum absolute atomic E-state index is 0.383. The second-order valence-corrected chi connectivity index (χ2v) is 4.39. The monoisotopic (exact) mass is 219 g/mol. The molecule has 86 valence electrons. The molecule has 1 aliphatic carbocycles. The van der Waals surface area contributed by atoms with Gasteiger partial charge in [-0.15, -0.1) is 0 Å². The number of hydrogen-bond acceptors (Lipinski definition) is 3. The van der Waals surface area contributed by atoms with E-state index in [0.717, 1.165) is 25.7 Å². The summed E-state index contributed by atoms with van der Waals surface area (Å²) < 4.78 is 4.76. The maximum atomic E-state index is 10.2. The largest absolute Gasteiger partial charge is 0.429 e. The van der Waals surface area contributed by atoms with E-state index in [4.69, 9.17) is 10.5 Å². The van der Waals surface area contributed by atoms with Crippen LogP contribution >= 0.6 is 0 Å². The molecule has 0 amide bonds. The van der Waals surface area contributed by atoms with E-state index in [9.17, 15) is 4.79 Å². The lowest BCUT2D eigenvalue weighted by Gasteiger charge is -2.26. The van der Waals surface area contributed by atoms with E-state index in [0.29, 0.717) is 24.2 Å². The Morgan fingerprint density at radius 1 is 1.12 bits per heavy atom. The number of benzene rings is 1. The minimum atomic E-state index is 0.383. The zero-order valence-corrected chi connectivity index (χ0v) is 9.26. The van der Waals surface area contributed by atoms with Gasteiger partial charge in [-0.2, -0.15) is 0 Å². The van der Waals surface area contributed by atoms with Crippen molar-refractivity contribution in [2.45, 2.75) is 37.6 Å². The van der Waals surface area contributed by atoms with Gasteiger partial charge in [0.1, 0.15) is 5.75 Å². The highest BCUT2D eigenvalue weighted by Gasteiger charge is 2.19. The van der Waals surface area contributed by atoms with Gasteiger partial charge in [0.05, 0.1) is 0 Å². The van der Waals surface area contributed by atoms with Crippen molar-refractivity contribution in [2.24, 2.45) is 5.73 Å². The summed E-state index contributed by atoms with van der Waals surface area (Å²) in [7, 11) is 0. The zero-order chi connectivity index (χ0) is 11.4. The normalized spacial score (nSPS) is 25.1. The number of nitrogens with two attached hydrogens (primary N) is 1. The first-order chi connectivity index (χ1) is 7.79. The molecule has 0 atom stereocenters. The second kappa shape index (κ2) is 5.12. The Kier molecular flexibility index (Phi) is 3.57. The average Bonchev–Trinajstić information content (AvgIpc) is 2.32. The number of ether oxygens (including phenoxy) is 1. The lowest BCUT2D eigenvalue weighted by atomic mass is 9.82. The number of hydrogen-bond donors (Lipinski definition) is 1. The van der Waals surface area contributed by atoms with Crippen molar-refractivity contribution in [3.8, 4) is 5.75 Å². The SMILES string of the molecule is NC1CCC(c2ccc(OC=O)cc2)CC1. The number of carbonyl (C=O) groups is 1. The van der Waals surface area contributed by atoms with Crippen molar-refractivity contribution in [3.05, 3.63) is 29.8 Å². The molecule has 0 heterocycles. The first kappa shape index (κ1) is 11.1. The molecule has 3 nitrogen and oxygen atoms in total. The van der Waals surface area contributed by atoms with Crippen molar-refractivity contribution in [1.29, 1.82) is 0 Å². The molecule has 0 aliphatic heterocycles. The Bertz CT molecular complexity index is 339. The van der Waals surface area contributed by atoms with Gasteiger partial charge in [0.15, 0.2) is 0 Å². The number of carbonyl (C=O) groups excluding carboxylic acids is 1. The van der Waals surface area contributed by atoms with Gasteiger partial charge >= 0.3 is 0 Å². The molecule has 0 aromatic heterocycles. The third-order valence-electron chi connectivity index (χ3n) is 3.31. The summed E-state index contributed by atoms with van der Waals surface area (Å²) in [4.78, 5) is 10.2. The Morgan fingerprint density at radius 2 is 1.75 bits per heavy atom. The van der Waals surface area contributed by atoms with Crippen molar-refractivity contribution in [1.82, 2.24) is 0 Å². The number of rotatable bonds is 3. The summed E-state index contributed by atoms with van der Waals surface area (Å²) in [5, 5.41) is 0. The fraction of sp³-hybridized carbons (Fsp3) is 0.462. The summed E-state index contributed by atoms with van der Waals surface area (Å²) >= 11 is 0. The predicted octanol–water partition coefficient (Wildman–Crippen LogP) is 2.21. The Morgan fingerprint density at radius 3 is 2.31 bits per heavy atom. The average molecular weight is 219 g/mol. The fourth-order valence-electron chi connectivity index (χ4n) is 2.33.